The smallest absolute Gasteiger partial charge is 0.243 e. The molecule has 1 aromatic rings. The van der Waals surface area contributed by atoms with Crippen LogP contribution in [0.5, 0.6) is 5.75 Å². The number of carbonyl (C=O) groups excluding carboxylic acids is 1. The van der Waals surface area contributed by atoms with Crippen molar-refractivity contribution in [1.29, 1.82) is 0 Å². The van der Waals surface area contributed by atoms with Gasteiger partial charge in [-0.05, 0) is 24.3 Å². The normalized spacial score (nSPS) is 16.8. The van der Waals surface area contributed by atoms with Crippen LogP contribution in [0.15, 0.2) is 29.2 Å². The molecule has 0 atom stereocenters. The number of nitrogens with zero attached hydrogens (tertiary/aromatic N) is 2. The van der Waals surface area contributed by atoms with Gasteiger partial charge >= 0.3 is 0 Å². The third-order valence-electron chi connectivity index (χ3n) is 4.28. The molecule has 1 aromatic carbocycles. The fourth-order valence-electron chi connectivity index (χ4n) is 2.63. The van der Waals surface area contributed by atoms with Crippen molar-refractivity contribution in [3.05, 3.63) is 24.3 Å². The van der Waals surface area contributed by atoms with E-state index in [9.17, 15) is 13.2 Å². The topological polar surface area (TPSA) is 79.0 Å². The molecule has 0 aromatic heterocycles. The lowest BCUT2D eigenvalue weighted by Crippen LogP contribution is -2.50. The SMILES string of the molecule is COc1ccc(S(=O)(=O)N2CCN(CCNC(=O)C(C)C)CC2)cc1. The molecule has 7 nitrogen and oxygen atoms in total. The number of rotatable bonds is 7. The predicted molar refractivity (Wildman–Crippen MR) is 96.0 cm³/mol. The number of sulfonamides is 1. The number of amides is 1. The summed E-state index contributed by atoms with van der Waals surface area (Å²) in [7, 11) is -1.93. The van der Waals surface area contributed by atoms with Gasteiger partial charge in [-0.2, -0.15) is 4.31 Å². The summed E-state index contributed by atoms with van der Waals surface area (Å²) < 4.78 is 31.9. The van der Waals surface area contributed by atoms with Crippen molar-refractivity contribution in [3.8, 4) is 5.75 Å². The van der Waals surface area contributed by atoms with Gasteiger partial charge < -0.3 is 10.1 Å². The second kappa shape index (κ2) is 8.64. The molecular formula is C17H27N3O4S. The number of piperazine rings is 1. The standard InChI is InChI=1S/C17H27N3O4S/c1-14(2)17(21)18-8-9-19-10-12-20(13-11-19)25(22,23)16-6-4-15(24-3)5-7-16/h4-7,14H,8-13H2,1-3H3,(H,18,21). The monoisotopic (exact) mass is 369 g/mol. The van der Waals surface area contributed by atoms with E-state index in [1.807, 2.05) is 13.8 Å². The van der Waals surface area contributed by atoms with Gasteiger partial charge in [-0.25, -0.2) is 8.42 Å². The van der Waals surface area contributed by atoms with Crippen molar-refractivity contribution >= 4 is 15.9 Å². The molecule has 0 unspecified atom stereocenters. The van der Waals surface area contributed by atoms with E-state index < -0.39 is 10.0 Å². The third-order valence-corrected chi connectivity index (χ3v) is 6.19. The third kappa shape index (κ3) is 5.17. The van der Waals surface area contributed by atoms with Crippen molar-refractivity contribution in [2.75, 3.05) is 46.4 Å². The Labute approximate surface area is 150 Å². The van der Waals surface area contributed by atoms with E-state index in [-0.39, 0.29) is 16.7 Å². The fraction of sp³-hybridized carbons (Fsp3) is 0.588. The molecule has 140 valence electrons. The van der Waals surface area contributed by atoms with Crippen LogP contribution in [0.25, 0.3) is 0 Å². The van der Waals surface area contributed by atoms with Crippen LogP contribution in [0, 0.1) is 5.92 Å². The number of benzene rings is 1. The minimum absolute atomic E-state index is 0.0218. The molecule has 0 bridgehead atoms. The molecular weight excluding hydrogens is 342 g/mol. The first kappa shape index (κ1) is 19.7. The number of carbonyl (C=O) groups is 1. The van der Waals surface area contributed by atoms with Crippen molar-refractivity contribution in [1.82, 2.24) is 14.5 Å². The van der Waals surface area contributed by atoms with Crippen LogP contribution in [0.1, 0.15) is 13.8 Å². The van der Waals surface area contributed by atoms with Crippen molar-refractivity contribution in [3.63, 3.8) is 0 Å². The van der Waals surface area contributed by atoms with E-state index in [0.717, 1.165) is 6.54 Å². The molecule has 8 heteroatoms. The lowest BCUT2D eigenvalue weighted by molar-refractivity contribution is -0.124. The number of methoxy groups -OCH3 is 1. The molecule has 0 spiro atoms. The average molecular weight is 369 g/mol. The first-order valence-electron chi connectivity index (χ1n) is 8.49. The molecule has 1 heterocycles. The van der Waals surface area contributed by atoms with Gasteiger partial charge in [0, 0.05) is 45.2 Å². The van der Waals surface area contributed by atoms with Crippen LogP contribution in [-0.4, -0.2) is 69.9 Å². The van der Waals surface area contributed by atoms with Crippen LogP contribution in [0.4, 0.5) is 0 Å². The molecule has 0 aliphatic carbocycles. The second-order valence-corrected chi connectivity index (χ2v) is 8.30. The highest BCUT2D eigenvalue weighted by Gasteiger charge is 2.28. The second-order valence-electron chi connectivity index (χ2n) is 6.37. The van der Waals surface area contributed by atoms with E-state index in [4.69, 9.17) is 4.74 Å². The zero-order valence-corrected chi connectivity index (χ0v) is 15.9. The Balaban J connectivity index is 1.85. The number of nitrogens with one attached hydrogen (secondary N) is 1. The lowest BCUT2D eigenvalue weighted by atomic mass is 10.2. The largest absolute Gasteiger partial charge is 0.497 e. The van der Waals surface area contributed by atoms with E-state index in [2.05, 4.69) is 10.2 Å². The van der Waals surface area contributed by atoms with Gasteiger partial charge in [-0.3, -0.25) is 9.69 Å². The zero-order valence-electron chi connectivity index (χ0n) is 15.1. The van der Waals surface area contributed by atoms with Gasteiger partial charge in [-0.1, -0.05) is 13.8 Å². The summed E-state index contributed by atoms with van der Waals surface area (Å²) in [5.74, 6) is 0.652. The highest BCUT2D eigenvalue weighted by molar-refractivity contribution is 7.89. The maximum absolute atomic E-state index is 12.7. The number of hydrogen-bond acceptors (Lipinski definition) is 5. The highest BCUT2D eigenvalue weighted by atomic mass is 32.2. The summed E-state index contributed by atoms with van der Waals surface area (Å²) in [6, 6.07) is 6.45. The molecule has 1 saturated heterocycles. The Morgan fingerprint density at radius 2 is 1.76 bits per heavy atom. The van der Waals surface area contributed by atoms with Gasteiger partial charge in [0.25, 0.3) is 0 Å². The molecule has 1 aliphatic heterocycles. The van der Waals surface area contributed by atoms with Crippen LogP contribution >= 0.6 is 0 Å². The first-order chi connectivity index (χ1) is 11.8. The fourth-order valence-corrected chi connectivity index (χ4v) is 4.05. The molecule has 1 fully saturated rings. The molecule has 0 radical (unpaired) electrons. The van der Waals surface area contributed by atoms with E-state index in [1.165, 1.54) is 4.31 Å². The first-order valence-corrected chi connectivity index (χ1v) is 9.93. The molecule has 1 N–H and O–H groups in total. The van der Waals surface area contributed by atoms with Crippen molar-refractivity contribution < 1.29 is 17.9 Å². The molecule has 25 heavy (non-hydrogen) atoms. The zero-order chi connectivity index (χ0) is 18.4. The molecule has 1 amide bonds. The van der Waals surface area contributed by atoms with Gasteiger partial charge in [0.05, 0.1) is 12.0 Å². The highest BCUT2D eigenvalue weighted by Crippen LogP contribution is 2.20. The van der Waals surface area contributed by atoms with Crippen LogP contribution in [-0.2, 0) is 14.8 Å². The minimum Gasteiger partial charge on any atom is -0.497 e. The molecule has 2 rings (SSSR count). The Kier molecular flexibility index (Phi) is 6.80. The van der Waals surface area contributed by atoms with Gasteiger partial charge in [-0.15, -0.1) is 0 Å². The Bertz CT molecular complexity index is 666. The maximum atomic E-state index is 12.7. The Morgan fingerprint density at radius 1 is 1.16 bits per heavy atom. The lowest BCUT2D eigenvalue weighted by Gasteiger charge is -2.34. The number of hydrogen-bond donors (Lipinski definition) is 1. The summed E-state index contributed by atoms with van der Waals surface area (Å²) in [5, 5.41) is 2.88. The summed E-state index contributed by atoms with van der Waals surface area (Å²) >= 11 is 0. The minimum atomic E-state index is -3.47. The number of ether oxygens (including phenoxy) is 1. The van der Waals surface area contributed by atoms with Crippen molar-refractivity contribution in [2.45, 2.75) is 18.7 Å². The summed E-state index contributed by atoms with van der Waals surface area (Å²) in [6.07, 6.45) is 0. The summed E-state index contributed by atoms with van der Waals surface area (Å²) in [6.45, 7) is 7.26. The van der Waals surface area contributed by atoms with Gasteiger partial charge in [0.1, 0.15) is 5.75 Å². The van der Waals surface area contributed by atoms with Gasteiger partial charge in [0.15, 0.2) is 0 Å². The van der Waals surface area contributed by atoms with E-state index >= 15 is 0 Å². The average Bonchev–Trinajstić information content (AvgIpc) is 2.62. The summed E-state index contributed by atoms with van der Waals surface area (Å²) in [5.41, 5.74) is 0. The van der Waals surface area contributed by atoms with Crippen LogP contribution < -0.4 is 10.1 Å². The van der Waals surface area contributed by atoms with Crippen LogP contribution in [0.2, 0.25) is 0 Å². The Hall–Kier alpha value is -1.64. The maximum Gasteiger partial charge on any atom is 0.243 e. The predicted octanol–water partition coefficient (Wildman–Crippen LogP) is 0.774. The summed E-state index contributed by atoms with van der Waals surface area (Å²) in [4.78, 5) is 14.0. The molecule has 0 saturated carbocycles. The Morgan fingerprint density at radius 3 is 2.28 bits per heavy atom. The molecule has 1 aliphatic rings. The van der Waals surface area contributed by atoms with Gasteiger partial charge in [0.2, 0.25) is 15.9 Å². The van der Waals surface area contributed by atoms with Crippen molar-refractivity contribution in [2.24, 2.45) is 5.92 Å². The van der Waals surface area contributed by atoms with E-state index in [0.29, 0.717) is 38.5 Å². The quantitative estimate of drug-likeness (QED) is 0.768. The van der Waals surface area contributed by atoms with E-state index in [1.54, 1.807) is 31.4 Å². The van der Waals surface area contributed by atoms with Crippen LogP contribution in [0.3, 0.4) is 0 Å².